The van der Waals surface area contributed by atoms with E-state index in [9.17, 15) is 0 Å². The number of nitrogens with zero attached hydrogens (tertiary/aromatic N) is 4. The van der Waals surface area contributed by atoms with Crippen molar-refractivity contribution >= 4 is 23.1 Å². The highest BCUT2D eigenvalue weighted by atomic mass is 15.2. The van der Waals surface area contributed by atoms with Gasteiger partial charge in [-0.25, -0.2) is 4.98 Å². The SMILES string of the molecule is CN(C)CCNc1ccnc(Nc2ccc(N(C)C)cc2)n1. The number of aromatic nitrogens is 2. The lowest BCUT2D eigenvalue weighted by Crippen LogP contribution is -2.21. The van der Waals surface area contributed by atoms with E-state index < -0.39 is 0 Å². The molecule has 0 aliphatic heterocycles. The zero-order chi connectivity index (χ0) is 15.9. The van der Waals surface area contributed by atoms with Gasteiger partial charge in [0.15, 0.2) is 0 Å². The number of hydrogen-bond donors (Lipinski definition) is 2. The maximum absolute atomic E-state index is 4.46. The van der Waals surface area contributed by atoms with E-state index in [-0.39, 0.29) is 0 Å². The van der Waals surface area contributed by atoms with Gasteiger partial charge in [0, 0.05) is 44.8 Å². The number of likely N-dealkylation sites (N-methyl/N-ethyl adjacent to an activating group) is 1. The van der Waals surface area contributed by atoms with Gasteiger partial charge in [-0.3, -0.25) is 0 Å². The Bertz CT molecular complexity index is 579. The van der Waals surface area contributed by atoms with Crippen LogP contribution in [-0.4, -0.2) is 56.1 Å². The monoisotopic (exact) mass is 300 g/mol. The van der Waals surface area contributed by atoms with Crippen molar-refractivity contribution in [3.63, 3.8) is 0 Å². The molecule has 1 aromatic carbocycles. The average molecular weight is 300 g/mol. The van der Waals surface area contributed by atoms with E-state index in [1.807, 2.05) is 46.4 Å². The third kappa shape index (κ3) is 4.89. The molecule has 6 heteroatoms. The Hall–Kier alpha value is -2.34. The van der Waals surface area contributed by atoms with Crippen LogP contribution >= 0.6 is 0 Å². The van der Waals surface area contributed by atoms with Gasteiger partial charge in [-0.2, -0.15) is 4.98 Å². The fourth-order valence-corrected chi connectivity index (χ4v) is 1.90. The smallest absolute Gasteiger partial charge is 0.229 e. The van der Waals surface area contributed by atoms with Crippen molar-refractivity contribution in [1.29, 1.82) is 0 Å². The molecule has 2 N–H and O–H groups in total. The van der Waals surface area contributed by atoms with Crippen molar-refractivity contribution in [2.75, 3.05) is 56.8 Å². The summed E-state index contributed by atoms with van der Waals surface area (Å²) in [5.74, 6) is 1.41. The second kappa shape index (κ2) is 7.61. The minimum absolute atomic E-state index is 0.590. The molecule has 6 nitrogen and oxygen atoms in total. The van der Waals surface area contributed by atoms with Crippen LogP contribution in [0.5, 0.6) is 0 Å². The van der Waals surface area contributed by atoms with Gasteiger partial charge in [-0.15, -0.1) is 0 Å². The third-order valence-electron chi connectivity index (χ3n) is 3.16. The molecule has 0 fully saturated rings. The molecule has 1 aromatic heterocycles. The van der Waals surface area contributed by atoms with E-state index in [4.69, 9.17) is 0 Å². The first-order valence-electron chi connectivity index (χ1n) is 7.30. The van der Waals surface area contributed by atoms with Crippen molar-refractivity contribution in [2.24, 2.45) is 0 Å². The summed E-state index contributed by atoms with van der Waals surface area (Å²) in [5, 5.41) is 6.51. The molecular formula is C16H24N6. The van der Waals surface area contributed by atoms with Crippen molar-refractivity contribution in [2.45, 2.75) is 0 Å². The molecule has 0 unspecified atom stereocenters. The van der Waals surface area contributed by atoms with Gasteiger partial charge in [0.2, 0.25) is 5.95 Å². The van der Waals surface area contributed by atoms with E-state index >= 15 is 0 Å². The zero-order valence-corrected chi connectivity index (χ0v) is 13.7. The molecular weight excluding hydrogens is 276 g/mol. The highest BCUT2D eigenvalue weighted by Crippen LogP contribution is 2.18. The molecule has 0 saturated carbocycles. The van der Waals surface area contributed by atoms with E-state index in [2.05, 4.69) is 42.5 Å². The van der Waals surface area contributed by atoms with Crippen LogP contribution in [0.25, 0.3) is 0 Å². The van der Waals surface area contributed by atoms with Crippen LogP contribution in [0.15, 0.2) is 36.5 Å². The number of nitrogens with one attached hydrogen (secondary N) is 2. The van der Waals surface area contributed by atoms with Gasteiger partial charge in [0.25, 0.3) is 0 Å². The number of hydrogen-bond acceptors (Lipinski definition) is 6. The first-order chi connectivity index (χ1) is 10.5. The molecule has 0 radical (unpaired) electrons. The first kappa shape index (κ1) is 16.0. The lowest BCUT2D eigenvalue weighted by atomic mass is 10.2. The minimum atomic E-state index is 0.590. The van der Waals surface area contributed by atoms with E-state index in [0.717, 1.165) is 30.3 Å². The lowest BCUT2D eigenvalue weighted by molar-refractivity contribution is 0.425. The largest absolute Gasteiger partial charge is 0.378 e. The fourth-order valence-electron chi connectivity index (χ4n) is 1.90. The summed E-state index contributed by atoms with van der Waals surface area (Å²) in [5.41, 5.74) is 2.13. The molecule has 0 atom stereocenters. The summed E-state index contributed by atoms with van der Waals surface area (Å²) in [6.45, 7) is 1.81. The van der Waals surface area contributed by atoms with Crippen molar-refractivity contribution in [3.8, 4) is 0 Å². The Morgan fingerprint density at radius 1 is 1.00 bits per heavy atom. The molecule has 22 heavy (non-hydrogen) atoms. The molecule has 2 rings (SSSR count). The van der Waals surface area contributed by atoms with Crippen molar-refractivity contribution < 1.29 is 0 Å². The minimum Gasteiger partial charge on any atom is -0.378 e. The summed E-state index contributed by atoms with van der Waals surface area (Å²) in [7, 11) is 8.14. The molecule has 0 aliphatic rings. The average Bonchev–Trinajstić information content (AvgIpc) is 2.48. The Morgan fingerprint density at radius 2 is 1.73 bits per heavy atom. The van der Waals surface area contributed by atoms with Crippen LogP contribution < -0.4 is 15.5 Å². The van der Waals surface area contributed by atoms with E-state index in [1.165, 1.54) is 0 Å². The molecule has 0 bridgehead atoms. The zero-order valence-electron chi connectivity index (χ0n) is 13.7. The number of rotatable bonds is 7. The molecule has 0 aliphatic carbocycles. The highest BCUT2D eigenvalue weighted by Gasteiger charge is 2.01. The molecule has 1 heterocycles. The van der Waals surface area contributed by atoms with Crippen molar-refractivity contribution in [3.05, 3.63) is 36.5 Å². The third-order valence-corrected chi connectivity index (χ3v) is 3.16. The fraction of sp³-hybridized carbons (Fsp3) is 0.375. The van der Waals surface area contributed by atoms with Gasteiger partial charge in [-0.1, -0.05) is 0 Å². The van der Waals surface area contributed by atoms with Crippen LogP contribution in [0.2, 0.25) is 0 Å². The van der Waals surface area contributed by atoms with Gasteiger partial charge in [0.05, 0.1) is 0 Å². The predicted molar refractivity (Wildman–Crippen MR) is 93.1 cm³/mol. The van der Waals surface area contributed by atoms with Crippen LogP contribution in [0, 0.1) is 0 Å². The van der Waals surface area contributed by atoms with Crippen LogP contribution in [-0.2, 0) is 0 Å². The van der Waals surface area contributed by atoms with Gasteiger partial charge in [0.1, 0.15) is 5.82 Å². The Labute approximate surface area is 132 Å². The van der Waals surface area contributed by atoms with Gasteiger partial charge in [-0.05, 0) is 44.4 Å². The molecule has 0 amide bonds. The molecule has 0 saturated heterocycles. The van der Waals surface area contributed by atoms with Crippen LogP contribution in [0.4, 0.5) is 23.1 Å². The highest BCUT2D eigenvalue weighted by molar-refractivity contribution is 5.59. The quantitative estimate of drug-likeness (QED) is 0.818. The number of anilines is 4. The standard InChI is InChI=1S/C16H24N6/c1-21(2)12-11-17-15-9-10-18-16(20-15)19-13-5-7-14(8-6-13)22(3)4/h5-10H,11-12H2,1-4H3,(H2,17,18,19,20). The van der Waals surface area contributed by atoms with E-state index in [1.54, 1.807) is 6.20 Å². The summed E-state index contributed by atoms with van der Waals surface area (Å²) >= 11 is 0. The predicted octanol–water partition coefficient (Wildman–Crippen LogP) is 2.26. The Morgan fingerprint density at radius 3 is 2.36 bits per heavy atom. The lowest BCUT2D eigenvalue weighted by Gasteiger charge is -2.13. The van der Waals surface area contributed by atoms with Crippen molar-refractivity contribution in [1.82, 2.24) is 14.9 Å². The Balaban J connectivity index is 1.97. The maximum Gasteiger partial charge on any atom is 0.229 e. The normalized spacial score (nSPS) is 10.6. The topological polar surface area (TPSA) is 56.3 Å². The molecule has 118 valence electrons. The molecule has 0 spiro atoms. The second-order valence-corrected chi connectivity index (χ2v) is 5.56. The summed E-state index contributed by atoms with van der Waals surface area (Å²) < 4.78 is 0. The van der Waals surface area contributed by atoms with Crippen LogP contribution in [0.3, 0.4) is 0 Å². The first-order valence-corrected chi connectivity index (χ1v) is 7.30. The maximum atomic E-state index is 4.46. The Kier molecular flexibility index (Phi) is 5.55. The number of benzene rings is 1. The summed E-state index contributed by atoms with van der Waals surface area (Å²) in [6.07, 6.45) is 1.75. The molecule has 2 aromatic rings. The summed E-state index contributed by atoms with van der Waals surface area (Å²) in [4.78, 5) is 12.9. The summed E-state index contributed by atoms with van der Waals surface area (Å²) in [6, 6.07) is 10.0. The van der Waals surface area contributed by atoms with E-state index in [0.29, 0.717) is 5.95 Å². The van der Waals surface area contributed by atoms with Gasteiger partial charge < -0.3 is 20.4 Å². The van der Waals surface area contributed by atoms with Crippen LogP contribution in [0.1, 0.15) is 0 Å². The second-order valence-electron chi connectivity index (χ2n) is 5.56. The van der Waals surface area contributed by atoms with Gasteiger partial charge >= 0.3 is 0 Å².